The molecule has 0 saturated carbocycles. The molecule has 0 bridgehead atoms. The Bertz CT molecular complexity index is 882. The number of likely N-dealkylation sites (N-methyl/N-ethyl adjacent to an activating group) is 1. The number of aromatic nitrogens is 2. The second-order valence-electron chi connectivity index (χ2n) is 8.03. The van der Waals surface area contributed by atoms with Crippen LogP contribution in [0.4, 0.5) is 5.82 Å². The molecule has 1 saturated heterocycles. The molecule has 0 atom stereocenters. The van der Waals surface area contributed by atoms with Crippen molar-refractivity contribution < 1.29 is 4.79 Å². The van der Waals surface area contributed by atoms with Crippen LogP contribution in [0.25, 0.3) is 0 Å². The zero-order chi connectivity index (χ0) is 22.9. The third-order valence-corrected chi connectivity index (χ3v) is 6.73. The number of amides is 1. The van der Waals surface area contributed by atoms with Crippen LogP contribution in [0.15, 0.2) is 35.5 Å². The minimum absolute atomic E-state index is 0.115. The third kappa shape index (κ3) is 6.83. The molecule has 174 valence electrons. The molecule has 1 amide bonds. The van der Waals surface area contributed by atoms with Crippen LogP contribution in [0.1, 0.15) is 49.5 Å². The van der Waals surface area contributed by atoms with Crippen molar-refractivity contribution in [2.45, 2.75) is 44.5 Å². The van der Waals surface area contributed by atoms with Crippen LogP contribution in [0, 0.1) is 0 Å². The van der Waals surface area contributed by atoms with E-state index in [-0.39, 0.29) is 5.91 Å². The van der Waals surface area contributed by atoms with Crippen LogP contribution < -0.4 is 4.90 Å². The fraction of sp³-hybridized carbons (Fsp3) is 0.542. The van der Waals surface area contributed by atoms with E-state index in [4.69, 9.17) is 16.6 Å². The lowest BCUT2D eigenvalue weighted by Crippen LogP contribution is -2.48. The molecule has 0 radical (unpaired) electrons. The first kappa shape index (κ1) is 24.8. The summed E-state index contributed by atoms with van der Waals surface area (Å²) >= 11 is 7.85. The maximum atomic E-state index is 13.0. The molecule has 1 aromatic carbocycles. The first-order valence-electron chi connectivity index (χ1n) is 11.6. The highest BCUT2D eigenvalue weighted by Crippen LogP contribution is 2.25. The highest BCUT2D eigenvalue weighted by atomic mass is 35.5. The van der Waals surface area contributed by atoms with E-state index in [0.717, 1.165) is 75.6 Å². The van der Waals surface area contributed by atoms with E-state index < -0.39 is 0 Å². The number of hydrogen-bond acceptors (Lipinski definition) is 6. The number of anilines is 1. The first-order chi connectivity index (χ1) is 15.5. The molecular weight excluding hydrogens is 442 g/mol. The van der Waals surface area contributed by atoms with Gasteiger partial charge in [0.15, 0.2) is 5.16 Å². The molecular formula is C24H34ClN5OS. The lowest BCUT2D eigenvalue weighted by Gasteiger charge is -2.34. The highest BCUT2D eigenvalue weighted by Gasteiger charge is 2.21. The van der Waals surface area contributed by atoms with E-state index >= 15 is 0 Å². The molecule has 0 unspecified atom stereocenters. The summed E-state index contributed by atoms with van der Waals surface area (Å²) in [6.45, 7) is 12.9. The Morgan fingerprint density at radius 2 is 1.78 bits per heavy atom. The van der Waals surface area contributed by atoms with Crippen molar-refractivity contribution in [3.8, 4) is 0 Å². The average molecular weight is 476 g/mol. The van der Waals surface area contributed by atoms with E-state index in [0.29, 0.717) is 16.1 Å². The average Bonchev–Trinajstić information content (AvgIpc) is 2.82. The number of halogens is 1. The molecule has 2 aromatic rings. The Balaban J connectivity index is 1.65. The molecule has 0 N–H and O–H groups in total. The lowest BCUT2D eigenvalue weighted by atomic mass is 10.1. The van der Waals surface area contributed by atoms with Gasteiger partial charge >= 0.3 is 0 Å². The molecule has 3 rings (SSSR count). The Kier molecular flexibility index (Phi) is 9.63. The maximum absolute atomic E-state index is 13.0. The van der Waals surface area contributed by atoms with E-state index in [2.05, 4.69) is 35.6 Å². The van der Waals surface area contributed by atoms with E-state index in [1.54, 1.807) is 11.8 Å². The van der Waals surface area contributed by atoms with Crippen LogP contribution in [0.5, 0.6) is 0 Å². The van der Waals surface area contributed by atoms with E-state index in [9.17, 15) is 4.79 Å². The minimum atomic E-state index is 0.115. The summed E-state index contributed by atoms with van der Waals surface area (Å²) in [6.07, 6.45) is 2.11. The van der Waals surface area contributed by atoms with Gasteiger partial charge in [-0.1, -0.05) is 56.3 Å². The fourth-order valence-electron chi connectivity index (χ4n) is 3.88. The standard InChI is InChI=1S/C24H34ClN5OS/c1-4-10-29(11-5-2)22-17-21(25)26-24(27-22)32-18-19-8-7-9-20(16-19)23(31)30-14-12-28(6-3)13-15-30/h7-9,16-17H,4-6,10-15,18H2,1-3H3. The second kappa shape index (κ2) is 12.4. The summed E-state index contributed by atoms with van der Waals surface area (Å²) in [4.78, 5) is 28.7. The molecule has 1 aliphatic heterocycles. The zero-order valence-corrected chi connectivity index (χ0v) is 21.0. The minimum Gasteiger partial charge on any atom is -0.356 e. The molecule has 1 fully saturated rings. The van der Waals surface area contributed by atoms with E-state index in [1.807, 2.05) is 35.2 Å². The molecule has 6 nitrogen and oxygen atoms in total. The normalized spacial score (nSPS) is 14.6. The van der Waals surface area contributed by atoms with Crippen molar-refractivity contribution in [2.75, 3.05) is 50.7 Å². The van der Waals surface area contributed by atoms with Gasteiger partial charge in [-0.3, -0.25) is 4.79 Å². The molecule has 1 aliphatic rings. The van der Waals surface area contributed by atoms with Gasteiger partial charge in [-0.25, -0.2) is 9.97 Å². The molecule has 1 aromatic heterocycles. The Labute approximate surface area is 201 Å². The van der Waals surface area contributed by atoms with Gasteiger partial charge in [0.2, 0.25) is 0 Å². The maximum Gasteiger partial charge on any atom is 0.253 e. The SMILES string of the molecule is CCCN(CCC)c1cc(Cl)nc(SCc2cccc(C(=O)N3CCN(CC)CC3)c2)n1. The topological polar surface area (TPSA) is 52.6 Å². The summed E-state index contributed by atoms with van der Waals surface area (Å²) < 4.78 is 0. The molecule has 0 spiro atoms. The third-order valence-electron chi connectivity index (χ3n) is 5.62. The zero-order valence-electron chi connectivity index (χ0n) is 19.4. The Morgan fingerprint density at radius 3 is 2.44 bits per heavy atom. The number of piperazine rings is 1. The summed E-state index contributed by atoms with van der Waals surface area (Å²) in [7, 11) is 0. The number of nitrogens with zero attached hydrogens (tertiary/aromatic N) is 5. The van der Waals surface area contributed by atoms with Crippen molar-refractivity contribution in [1.82, 2.24) is 19.8 Å². The quantitative estimate of drug-likeness (QED) is 0.279. The predicted octanol–water partition coefficient (Wildman–Crippen LogP) is 4.83. The summed E-state index contributed by atoms with van der Waals surface area (Å²) in [6, 6.07) is 9.75. The van der Waals surface area contributed by atoms with E-state index in [1.165, 1.54) is 0 Å². The molecule has 2 heterocycles. The van der Waals surface area contributed by atoms with Gasteiger partial charge in [-0.15, -0.1) is 0 Å². The molecule has 32 heavy (non-hydrogen) atoms. The van der Waals surface area contributed by atoms with Crippen molar-refractivity contribution in [3.63, 3.8) is 0 Å². The van der Waals surface area contributed by atoms with Gasteiger partial charge in [-0.2, -0.15) is 0 Å². The van der Waals surface area contributed by atoms with Crippen LogP contribution in [-0.4, -0.2) is 71.5 Å². The second-order valence-corrected chi connectivity index (χ2v) is 9.36. The predicted molar refractivity (Wildman–Crippen MR) is 134 cm³/mol. The molecule has 0 aliphatic carbocycles. The van der Waals surface area contributed by atoms with Crippen LogP contribution in [-0.2, 0) is 5.75 Å². The van der Waals surface area contributed by atoms with Crippen LogP contribution in [0.3, 0.4) is 0 Å². The monoisotopic (exact) mass is 475 g/mol. The van der Waals surface area contributed by atoms with Crippen molar-refractivity contribution in [3.05, 3.63) is 46.6 Å². The summed E-state index contributed by atoms with van der Waals surface area (Å²) in [5, 5.41) is 1.13. The smallest absolute Gasteiger partial charge is 0.253 e. The van der Waals surface area contributed by atoms with Gasteiger partial charge in [0.1, 0.15) is 11.0 Å². The summed E-state index contributed by atoms with van der Waals surface area (Å²) in [5.74, 6) is 1.68. The number of benzene rings is 1. The Morgan fingerprint density at radius 1 is 1.06 bits per heavy atom. The number of rotatable bonds is 10. The van der Waals surface area contributed by atoms with Gasteiger partial charge in [0.25, 0.3) is 5.91 Å². The van der Waals surface area contributed by atoms with Gasteiger partial charge < -0.3 is 14.7 Å². The lowest BCUT2D eigenvalue weighted by molar-refractivity contribution is 0.0643. The first-order valence-corrected chi connectivity index (χ1v) is 12.9. The number of carbonyl (C=O) groups is 1. The highest BCUT2D eigenvalue weighted by molar-refractivity contribution is 7.98. The van der Waals surface area contributed by atoms with Crippen molar-refractivity contribution in [1.29, 1.82) is 0 Å². The van der Waals surface area contributed by atoms with Crippen LogP contribution >= 0.6 is 23.4 Å². The Hall–Kier alpha value is -1.83. The molecule has 8 heteroatoms. The summed E-state index contributed by atoms with van der Waals surface area (Å²) in [5.41, 5.74) is 1.83. The fourth-order valence-corrected chi connectivity index (χ4v) is 4.91. The van der Waals surface area contributed by atoms with Crippen molar-refractivity contribution in [2.24, 2.45) is 0 Å². The van der Waals surface area contributed by atoms with Crippen molar-refractivity contribution >= 4 is 35.1 Å². The number of thioether (sulfide) groups is 1. The van der Waals surface area contributed by atoms with Gasteiger partial charge in [0.05, 0.1) is 0 Å². The number of hydrogen-bond donors (Lipinski definition) is 0. The van der Waals surface area contributed by atoms with Crippen LogP contribution in [0.2, 0.25) is 5.15 Å². The number of carbonyl (C=O) groups excluding carboxylic acids is 1. The van der Waals surface area contributed by atoms with Gasteiger partial charge in [-0.05, 0) is 37.1 Å². The largest absolute Gasteiger partial charge is 0.356 e. The van der Waals surface area contributed by atoms with Gasteiger partial charge in [0, 0.05) is 56.7 Å².